The fraction of sp³-hybridized carbons (Fsp3) is 0.0435. The number of carbonyl (C=O) groups excluding carboxylic acids is 1. The van der Waals surface area contributed by atoms with Gasteiger partial charge in [0.25, 0.3) is 5.78 Å². The Morgan fingerprint density at radius 1 is 1.06 bits per heavy atom. The van der Waals surface area contributed by atoms with Crippen LogP contribution in [0.4, 0.5) is 5.69 Å². The molecule has 2 aromatic carbocycles. The number of aryl methyl sites for hydroxylation is 1. The molecule has 3 heterocycles. The Morgan fingerprint density at radius 2 is 1.71 bits per heavy atom. The normalized spacial score (nSPS) is 11.1. The maximum Gasteiger partial charge on any atom is 0.305 e. The topological polar surface area (TPSA) is 109 Å². The highest BCUT2D eigenvalue weighted by Crippen LogP contribution is 2.42. The van der Waals surface area contributed by atoms with E-state index in [0.717, 1.165) is 38.4 Å². The van der Waals surface area contributed by atoms with E-state index in [1.54, 1.807) is 0 Å². The van der Waals surface area contributed by atoms with Crippen molar-refractivity contribution in [1.82, 2.24) is 10.3 Å². The van der Waals surface area contributed by atoms with E-state index in [9.17, 15) is 9.90 Å². The number of nitrogens with two attached hydrogens (primary N) is 1. The Labute approximate surface area is 181 Å². The number of anilines is 1. The molecule has 0 fully saturated rings. The molecule has 0 amide bonds. The first kappa shape index (κ1) is 19.0. The van der Waals surface area contributed by atoms with Crippen molar-refractivity contribution in [2.45, 2.75) is 0 Å². The van der Waals surface area contributed by atoms with E-state index in [2.05, 4.69) is 9.79 Å². The first-order chi connectivity index (χ1) is 15.0. The average Bonchev–Trinajstić information content (AvgIpc) is 3.32. The highest BCUT2D eigenvalue weighted by molar-refractivity contribution is 7.21. The van der Waals surface area contributed by atoms with E-state index < -0.39 is 11.7 Å². The number of hydrogen-bond acceptors (Lipinski definition) is 7. The second kappa shape index (κ2) is 7.33. The standard InChI is InChI=1S/C23H16N4O3S/c1-27-19(23(29)30-26-27)20(28)21-18(24)17-15(13-8-4-2-5-9-13)12-16(25-22(17)31-21)14-10-6-3-7-11-14/h2-12H,1H3,(H2-,24,26,28,29). The predicted molar refractivity (Wildman–Crippen MR) is 115 cm³/mol. The van der Waals surface area contributed by atoms with Crippen LogP contribution in [-0.2, 0) is 7.05 Å². The van der Waals surface area contributed by atoms with Gasteiger partial charge in [0, 0.05) is 10.9 Å². The third-order valence-corrected chi connectivity index (χ3v) is 6.14. The fourth-order valence-electron chi connectivity index (χ4n) is 3.55. The van der Waals surface area contributed by atoms with Crippen molar-refractivity contribution in [3.8, 4) is 28.3 Å². The lowest BCUT2D eigenvalue weighted by Gasteiger charge is -2.08. The first-order valence-electron chi connectivity index (χ1n) is 9.46. The van der Waals surface area contributed by atoms with Crippen LogP contribution in [0.25, 0.3) is 32.6 Å². The molecule has 31 heavy (non-hydrogen) atoms. The summed E-state index contributed by atoms with van der Waals surface area (Å²) in [6, 6.07) is 21.6. The van der Waals surface area contributed by atoms with Crippen LogP contribution >= 0.6 is 11.3 Å². The van der Waals surface area contributed by atoms with Gasteiger partial charge < -0.3 is 15.4 Å². The van der Waals surface area contributed by atoms with Gasteiger partial charge in [0.2, 0.25) is 0 Å². The number of benzene rings is 2. The summed E-state index contributed by atoms with van der Waals surface area (Å²) < 4.78 is 5.73. The largest absolute Gasteiger partial charge is 0.539 e. The Balaban J connectivity index is 1.78. The summed E-state index contributed by atoms with van der Waals surface area (Å²) in [6.07, 6.45) is 0. The van der Waals surface area contributed by atoms with Crippen molar-refractivity contribution < 1.29 is 19.1 Å². The van der Waals surface area contributed by atoms with Crippen LogP contribution in [0.3, 0.4) is 0 Å². The minimum absolute atomic E-state index is 0.178. The van der Waals surface area contributed by atoms with Crippen molar-refractivity contribution in [1.29, 1.82) is 0 Å². The zero-order valence-electron chi connectivity index (χ0n) is 16.4. The van der Waals surface area contributed by atoms with Gasteiger partial charge in [-0.3, -0.25) is 4.79 Å². The summed E-state index contributed by atoms with van der Waals surface area (Å²) in [5.74, 6) is -1.33. The molecule has 0 atom stereocenters. The number of fused-ring (bicyclic) bond motifs is 1. The summed E-state index contributed by atoms with van der Waals surface area (Å²) in [7, 11) is 1.48. The molecule has 3 aromatic heterocycles. The van der Waals surface area contributed by atoms with Crippen molar-refractivity contribution >= 4 is 33.0 Å². The lowest BCUT2D eigenvalue weighted by molar-refractivity contribution is -0.741. The Hall–Kier alpha value is -4.04. The van der Waals surface area contributed by atoms with E-state index in [-0.39, 0.29) is 16.3 Å². The molecule has 2 N–H and O–H groups in total. The summed E-state index contributed by atoms with van der Waals surface area (Å²) >= 11 is 1.16. The third-order valence-electron chi connectivity index (χ3n) is 5.04. The minimum Gasteiger partial charge on any atom is -0.539 e. The van der Waals surface area contributed by atoms with Crippen LogP contribution in [0.1, 0.15) is 15.4 Å². The van der Waals surface area contributed by atoms with Crippen LogP contribution in [0.2, 0.25) is 0 Å². The van der Waals surface area contributed by atoms with Gasteiger partial charge in [-0.2, -0.15) is 0 Å². The number of nitrogens with zero attached hydrogens (tertiary/aromatic N) is 3. The molecule has 0 saturated carbocycles. The molecule has 7 nitrogen and oxygen atoms in total. The number of aromatic nitrogens is 3. The second-order valence-electron chi connectivity index (χ2n) is 6.97. The highest BCUT2D eigenvalue weighted by Gasteiger charge is 2.30. The van der Waals surface area contributed by atoms with E-state index in [0.29, 0.717) is 10.2 Å². The summed E-state index contributed by atoms with van der Waals surface area (Å²) in [5.41, 5.74) is 10.1. The first-order valence-corrected chi connectivity index (χ1v) is 10.3. The molecule has 0 aliphatic heterocycles. The molecule has 0 spiro atoms. The zero-order valence-corrected chi connectivity index (χ0v) is 17.2. The van der Waals surface area contributed by atoms with E-state index in [1.165, 1.54) is 7.05 Å². The highest BCUT2D eigenvalue weighted by atomic mass is 32.1. The van der Waals surface area contributed by atoms with Gasteiger partial charge >= 0.3 is 5.69 Å². The maximum absolute atomic E-state index is 13.1. The van der Waals surface area contributed by atoms with Crippen LogP contribution in [0.15, 0.2) is 71.3 Å². The van der Waals surface area contributed by atoms with Crippen molar-refractivity contribution in [3.63, 3.8) is 0 Å². The maximum atomic E-state index is 13.1. The number of thiophene rings is 1. The quantitative estimate of drug-likeness (QED) is 0.347. The summed E-state index contributed by atoms with van der Waals surface area (Å²) in [6.45, 7) is 0. The molecule has 0 bridgehead atoms. The third kappa shape index (κ3) is 3.13. The van der Waals surface area contributed by atoms with Crippen molar-refractivity contribution in [3.05, 3.63) is 77.3 Å². The number of pyridine rings is 1. The van der Waals surface area contributed by atoms with Gasteiger partial charge in [0.05, 0.1) is 16.7 Å². The number of rotatable bonds is 4. The summed E-state index contributed by atoms with van der Waals surface area (Å²) in [5, 5.41) is 16.2. The predicted octanol–water partition coefficient (Wildman–Crippen LogP) is 3.33. The number of carbonyl (C=O) groups is 1. The van der Waals surface area contributed by atoms with Gasteiger partial charge in [0.15, 0.2) is 13.0 Å². The molecular formula is C23H16N4O3S. The molecule has 0 aliphatic rings. The lowest BCUT2D eigenvalue weighted by atomic mass is 9.99. The average molecular weight is 428 g/mol. The molecule has 5 rings (SSSR count). The van der Waals surface area contributed by atoms with Gasteiger partial charge in [-0.1, -0.05) is 65.3 Å². The minimum atomic E-state index is -0.800. The fourth-order valence-corrected chi connectivity index (χ4v) is 4.61. The zero-order chi connectivity index (χ0) is 21.5. The second-order valence-corrected chi connectivity index (χ2v) is 7.97. The van der Waals surface area contributed by atoms with Crippen molar-refractivity contribution in [2.75, 3.05) is 5.73 Å². The van der Waals surface area contributed by atoms with Gasteiger partial charge in [-0.25, -0.2) is 4.98 Å². The summed E-state index contributed by atoms with van der Waals surface area (Å²) in [4.78, 5) is 18.8. The molecule has 0 aliphatic carbocycles. The van der Waals surface area contributed by atoms with Crippen molar-refractivity contribution in [2.24, 2.45) is 7.05 Å². The number of ketones is 1. The Morgan fingerprint density at radius 3 is 2.32 bits per heavy atom. The molecule has 8 heteroatoms. The molecular weight excluding hydrogens is 412 g/mol. The number of nitrogen functional groups attached to an aromatic ring is 1. The Kier molecular flexibility index (Phi) is 4.48. The molecule has 152 valence electrons. The van der Waals surface area contributed by atoms with Crippen LogP contribution in [0.5, 0.6) is 5.95 Å². The van der Waals surface area contributed by atoms with Gasteiger partial charge in [-0.15, -0.1) is 11.3 Å². The van der Waals surface area contributed by atoms with Crippen LogP contribution in [-0.4, -0.2) is 16.0 Å². The molecule has 5 aromatic rings. The lowest BCUT2D eigenvalue weighted by Crippen LogP contribution is -2.37. The van der Waals surface area contributed by atoms with Gasteiger partial charge in [-0.05, 0) is 17.2 Å². The number of hydrogen-bond donors (Lipinski definition) is 1. The van der Waals surface area contributed by atoms with E-state index in [1.807, 2.05) is 66.7 Å². The van der Waals surface area contributed by atoms with E-state index in [4.69, 9.17) is 10.7 Å². The Bertz CT molecular complexity index is 1410. The SMILES string of the molecule is C[n+]1noc([O-])c1C(=O)c1sc2nc(-c3ccccc3)cc(-c3ccccc3)c2c1N. The monoisotopic (exact) mass is 428 g/mol. The van der Waals surface area contributed by atoms with Gasteiger partial charge in [0.1, 0.15) is 9.71 Å². The molecule has 0 saturated heterocycles. The van der Waals surface area contributed by atoms with Crippen LogP contribution < -0.4 is 15.5 Å². The molecule has 0 unspecified atom stereocenters. The van der Waals surface area contributed by atoms with E-state index >= 15 is 0 Å². The smallest absolute Gasteiger partial charge is 0.305 e. The molecule has 0 radical (unpaired) electrons. The van der Waals surface area contributed by atoms with Crippen LogP contribution in [0, 0.1) is 0 Å².